The summed E-state index contributed by atoms with van der Waals surface area (Å²) in [6, 6.07) is 17.5. The lowest BCUT2D eigenvalue weighted by atomic mass is 10.1. The van der Waals surface area contributed by atoms with Gasteiger partial charge in [0.05, 0.1) is 20.5 Å². The van der Waals surface area contributed by atoms with Gasteiger partial charge in [0.2, 0.25) is 0 Å². The Bertz CT molecular complexity index is 1400. The Morgan fingerprint density at radius 2 is 1.82 bits per heavy atom. The van der Waals surface area contributed by atoms with Crippen molar-refractivity contribution < 1.29 is 14.3 Å². The number of hydrogen-bond donors (Lipinski definition) is 0. The van der Waals surface area contributed by atoms with Gasteiger partial charge in [0.25, 0.3) is 5.91 Å². The van der Waals surface area contributed by atoms with Crippen molar-refractivity contribution in [2.45, 2.75) is 13.0 Å². The van der Waals surface area contributed by atoms with Crippen molar-refractivity contribution in [3.05, 3.63) is 78.9 Å². The van der Waals surface area contributed by atoms with Crippen LogP contribution in [-0.2, 0) is 6.54 Å². The first-order chi connectivity index (χ1) is 16.7. The smallest absolute Gasteiger partial charge is 0.260 e. The molecule has 0 radical (unpaired) electrons. The molecule has 34 heavy (non-hydrogen) atoms. The number of carbonyl (C=O) groups excluding carboxylic acids is 1. The molecule has 7 nitrogen and oxygen atoms in total. The van der Waals surface area contributed by atoms with E-state index in [1.165, 1.54) is 11.3 Å². The molecule has 0 fully saturated rings. The highest BCUT2D eigenvalue weighted by Crippen LogP contribution is 2.40. The molecule has 3 aromatic carbocycles. The van der Waals surface area contributed by atoms with Crippen molar-refractivity contribution in [3.63, 3.8) is 0 Å². The highest BCUT2D eigenvalue weighted by molar-refractivity contribution is 7.22. The van der Waals surface area contributed by atoms with Crippen LogP contribution in [0.5, 0.6) is 11.5 Å². The van der Waals surface area contributed by atoms with E-state index in [4.69, 9.17) is 14.5 Å². The summed E-state index contributed by atoms with van der Waals surface area (Å²) in [5.41, 5.74) is 1.31. The second-order valence-corrected chi connectivity index (χ2v) is 8.79. The predicted octanol–water partition coefficient (Wildman–Crippen LogP) is 5.40. The Labute approximate surface area is 201 Å². The average Bonchev–Trinajstić information content (AvgIpc) is 3.55. The first kappa shape index (κ1) is 21.9. The van der Waals surface area contributed by atoms with E-state index in [1.807, 2.05) is 65.4 Å². The number of carbonyl (C=O) groups is 1. The average molecular weight is 473 g/mol. The lowest BCUT2D eigenvalue weighted by molar-refractivity contribution is 0.0986. The molecule has 172 valence electrons. The van der Waals surface area contributed by atoms with Crippen molar-refractivity contribution >= 4 is 43.4 Å². The summed E-state index contributed by atoms with van der Waals surface area (Å²) < 4.78 is 13.9. The summed E-state index contributed by atoms with van der Waals surface area (Å²) in [5, 5.41) is 2.74. The molecule has 2 heterocycles. The SMILES string of the molecule is COc1ccc(OC)c2sc(N(CCCn3ccnc3)C(=O)c3ccc4ccccc4c3)nc12. The second kappa shape index (κ2) is 9.52. The van der Waals surface area contributed by atoms with E-state index in [2.05, 4.69) is 4.98 Å². The van der Waals surface area contributed by atoms with Gasteiger partial charge in [0, 0.05) is 31.0 Å². The molecule has 0 aliphatic heterocycles. The molecule has 0 aliphatic carbocycles. The number of benzene rings is 3. The number of aryl methyl sites for hydroxylation is 1. The third-order valence-corrected chi connectivity index (χ3v) is 6.82. The fourth-order valence-electron chi connectivity index (χ4n) is 3.98. The van der Waals surface area contributed by atoms with Gasteiger partial charge in [-0.2, -0.15) is 0 Å². The van der Waals surface area contributed by atoms with Gasteiger partial charge in [-0.3, -0.25) is 9.69 Å². The molecule has 5 aromatic rings. The maximum absolute atomic E-state index is 13.8. The number of hydrogen-bond acceptors (Lipinski definition) is 6. The van der Waals surface area contributed by atoms with E-state index in [1.54, 1.807) is 31.6 Å². The molecule has 8 heteroatoms. The molecule has 0 aliphatic rings. The van der Waals surface area contributed by atoms with Gasteiger partial charge in [-0.25, -0.2) is 9.97 Å². The number of imidazole rings is 1. The van der Waals surface area contributed by atoms with Crippen LogP contribution in [0.3, 0.4) is 0 Å². The van der Waals surface area contributed by atoms with Crippen LogP contribution in [0.15, 0.2) is 73.3 Å². The molecule has 0 atom stereocenters. The summed E-state index contributed by atoms with van der Waals surface area (Å²) in [5.74, 6) is 1.26. The zero-order valence-electron chi connectivity index (χ0n) is 19.0. The topological polar surface area (TPSA) is 69.5 Å². The van der Waals surface area contributed by atoms with Gasteiger partial charge >= 0.3 is 0 Å². The van der Waals surface area contributed by atoms with Gasteiger partial charge in [0.15, 0.2) is 5.13 Å². The molecule has 1 amide bonds. The van der Waals surface area contributed by atoms with Gasteiger partial charge in [-0.05, 0) is 41.5 Å². The minimum Gasteiger partial charge on any atom is -0.495 e. The number of thiazole rings is 1. The molecule has 0 saturated carbocycles. The Morgan fingerprint density at radius 3 is 2.59 bits per heavy atom. The van der Waals surface area contributed by atoms with E-state index < -0.39 is 0 Å². The normalized spacial score (nSPS) is 11.1. The van der Waals surface area contributed by atoms with Crippen molar-refractivity contribution in [2.24, 2.45) is 0 Å². The fraction of sp³-hybridized carbons (Fsp3) is 0.192. The number of anilines is 1. The summed E-state index contributed by atoms with van der Waals surface area (Å²) >= 11 is 1.43. The Balaban J connectivity index is 1.53. The third-order valence-electron chi connectivity index (χ3n) is 5.73. The Hall–Kier alpha value is -3.91. The van der Waals surface area contributed by atoms with Crippen molar-refractivity contribution in [1.82, 2.24) is 14.5 Å². The number of aromatic nitrogens is 3. The first-order valence-corrected chi connectivity index (χ1v) is 11.8. The Morgan fingerprint density at radius 1 is 1.03 bits per heavy atom. The quantitative estimate of drug-likeness (QED) is 0.302. The maximum Gasteiger partial charge on any atom is 0.260 e. The number of amides is 1. The maximum atomic E-state index is 13.8. The first-order valence-electron chi connectivity index (χ1n) is 11.0. The summed E-state index contributed by atoms with van der Waals surface area (Å²) in [4.78, 5) is 24.5. The van der Waals surface area contributed by atoms with E-state index >= 15 is 0 Å². The van der Waals surface area contributed by atoms with Gasteiger partial charge in [0.1, 0.15) is 21.7 Å². The zero-order chi connectivity index (χ0) is 23.5. The predicted molar refractivity (Wildman–Crippen MR) is 135 cm³/mol. The van der Waals surface area contributed by atoms with Crippen molar-refractivity contribution in [2.75, 3.05) is 25.7 Å². The number of nitrogens with zero attached hydrogens (tertiary/aromatic N) is 4. The molecule has 0 saturated heterocycles. The third kappa shape index (κ3) is 4.20. The number of rotatable bonds is 8. The van der Waals surface area contributed by atoms with Crippen LogP contribution in [0.2, 0.25) is 0 Å². The monoisotopic (exact) mass is 472 g/mol. The lowest BCUT2D eigenvalue weighted by Crippen LogP contribution is -2.32. The van der Waals surface area contributed by atoms with Crippen LogP contribution in [0.25, 0.3) is 21.0 Å². The number of methoxy groups -OCH3 is 2. The molecule has 0 spiro atoms. The van der Waals surface area contributed by atoms with Crippen molar-refractivity contribution in [1.29, 1.82) is 0 Å². The van der Waals surface area contributed by atoms with Crippen LogP contribution in [0, 0.1) is 0 Å². The highest BCUT2D eigenvalue weighted by atomic mass is 32.1. The number of ether oxygens (including phenoxy) is 2. The molecule has 0 unspecified atom stereocenters. The molecular formula is C26H24N4O3S. The summed E-state index contributed by atoms with van der Waals surface area (Å²) in [6.45, 7) is 1.26. The molecular weight excluding hydrogens is 448 g/mol. The van der Waals surface area contributed by atoms with Crippen LogP contribution in [-0.4, -0.2) is 41.2 Å². The summed E-state index contributed by atoms with van der Waals surface area (Å²) in [7, 11) is 3.24. The van der Waals surface area contributed by atoms with Gasteiger partial charge < -0.3 is 14.0 Å². The minimum atomic E-state index is -0.0895. The van der Waals surface area contributed by atoms with Gasteiger partial charge in [-0.1, -0.05) is 41.7 Å². The van der Waals surface area contributed by atoms with E-state index in [9.17, 15) is 4.79 Å². The second-order valence-electron chi connectivity index (χ2n) is 7.82. The molecule has 2 aromatic heterocycles. The van der Waals surface area contributed by atoms with Crippen LogP contribution in [0.1, 0.15) is 16.8 Å². The van der Waals surface area contributed by atoms with Crippen LogP contribution < -0.4 is 14.4 Å². The minimum absolute atomic E-state index is 0.0895. The zero-order valence-corrected chi connectivity index (χ0v) is 19.8. The standard InChI is InChI=1S/C26H24N4O3S/c1-32-21-10-11-22(33-2)24-23(21)28-26(34-24)30(14-5-13-29-15-12-27-17-29)25(31)20-9-8-18-6-3-4-7-19(18)16-20/h3-4,6-12,15-17H,5,13-14H2,1-2H3. The van der Waals surface area contributed by atoms with E-state index in [0.29, 0.717) is 34.3 Å². The summed E-state index contributed by atoms with van der Waals surface area (Å²) in [6.07, 6.45) is 6.20. The fourth-order valence-corrected chi connectivity index (χ4v) is 5.08. The van der Waals surface area contributed by atoms with E-state index in [0.717, 1.165) is 28.4 Å². The molecule has 5 rings (SSSR count). The highest BCUT2D eigenvalue weighted by Gasteiger charge is 2.23. The lowest BCUT2D eigenvalue weighted by Gasteiger charge is -2.20. The van der Waals surface area contributed by atoms with Gasteiger partial charge in [-0.15, -0.1) is 0 Å². The van der Waals surface area contributed by atoms with Crippen LogP contribution in [0.4, 0.5) is 5.13 Å². The molecule has 0 bridgehead atoms. The van der Waals surface area contributed by atoms with Crippen molar-refractivity contribution in [3.8, 4) is 11.5 Å². The largest absolute Gasteiger partial charge is 0.495 e. The molecule has 0 N–H and O–H groups in total. The number of fused-ring (bicyclic) bond motifs is 2. The van der Waals surface area contributed by atoms with Crippen LogP contribution >= 0.6 is 11.3 Å². The Kier molecular flexibility index (Phi) is 6.14. The van der Waals surface area contributed by atoms with E-state index in [-0.39, 0.29) is 5.91 Å².